The first-order valence-electron chi connectivity index (χ1n) is 17.0. The fourth-order valence-electron chi connectivity index (χ4n) is 7.03. The third-order valence-electron chi connectivity index (χ3n) is 11.3. The predicted molar refractivity (Wildman–Crippen MR) is 200 cm³/mol. The highest BCUT2D eigenvalue weighted by atomic mass is 16.7. The largest absolute Gasteiger partial charge is 0.494 e. The Morgan fingerprint density at radius 2 is 1.00 bits per heavy atom. The summed E-state index contributed by atoms with van der Waals surface area (Å²) in [6.45, 7) is 16.7. The van der Waals surface area contributed by atoms with Crippen LogP contribution in [-0.2, 0) is 18.6 Å². The van der Waals surface area contributed by atoms with Crippen molar-refractivity contribution in [1.82, 2.24) is 4.57 Å². The van der Waals surface area contributed by atoms with E-state index in [0.29, 0.717) is 5.56 Å². The highest BCUT2D eigenvalue weighted by molar-refractivity contribution is 6.63. The van der Waals surface area contributed by atoms with E-state index in [0.717, 1.165) is 60.3 Å². The molecular weight excluding hydrogens is 606 g/mol. The van der Waals surface area contributed by atoms with E-state index in [2.05, 4.69) is 133 Å². The van der Waals surface area contributed by atoms with Gasteiger partial charge in [0.1, 0.15) is 0 Å². The summed E-state index contributed by atoms with van der Waals surface area (Å²) in [5.41, 5.74) is 6.30. The van der Waals surface area contributed by atoms with Crippen LogP contribution in [0.3, 0.4) is 0 Å². The van der Waals surface area contributed by atoms with E-state index in [4.69, 9.17) is 18.6 Å². The van der Waals surface area contributed by atoms with Gasteiger partial charge >= 0.3 is 14.2 Å². The molecule has 0 saturated carbocycles. The quantitative estimate of drug-likeness (QED) is 0.181. The van der Waals surface area contributed by atoms with Crippen LogP contribution in [0.5, 0.6) is 0 Å². The third-order valence-corrected chi connectivity index (χ3v) is 11.3. The monoisotopic (exact) mass is 646 g/mol. The van der Waals surface area contributed by atoms with Gasteiger partial charge in [-0.2, -0.15) is 5.26 Å². The lowest BCUT2D eigenvalue weighted by Crippen LogP contribution is -2.41. The Morgan fingerprint density at radius 1 is 0.531 bits per heavy atom. The van der Waals surface area contributed by atoms with Crippen LogP contribution in [-0.4, -0.2) is 41.2 Å². The van der Waals surface area contributed by atoms with Crippen molar-refractivity contribution >= 4 is 57.7 Å². The van der Waals surface area contributed by atoms with E-state index in [1.54, 1.807) is 0 Å². The van der Waals surface area contributed by atoms with Gasteiger partial charge in [0, 0.05) is 21.8 Å². The molecule has 2 aliphatic rings. The maximum atomic E-state index is 9.68. The van der Waals surface area contributed by atoms with Crippen molar-refractivity contribution in [2.75, 3.05) is 0 Å². The summed E-state index contributed by atoms with van der Waals surface area (Å²) in [5.74, 6) is 0. The summed E-state index contributed by atoms with van der Waals surface area (Å²) in [7, 11) is -0.943. The Labute approximate surface area is 288 Å². The van der Waals surface area contributed by atoms with Crippen LogP contribution in [0.15, 0.2) is 97.1 Å². The Balaban J connectivity index is 1.27. The van der Waals surface area contributed by atoms with E-state index in [9.17, 15) is 5.26 Å². The number of nitriles is 1. The highest BCUT2D eigenvalue weighted by Gasteiger charge is 2.53. The molecular formula is C41H40B2N2O4. The zero-order chi connectivity index (χ0) is 34.5. The van der Waals surface area contributed by atoms with E-state index < -0.39 is 36.6 Å². The number of hydrogen-bond donors (Lipinski definition) is 0. The second-order valence-corrected chi connectivity index (χ2v) is 15.4. The maximum absolute atomic E-state index is 9.68. The molecule has 8 rings (SSSR count). The Morgan fingerprint density at radius 3 is 1.47 bits per heavy atom. The van der Waals surface area contributed by atoms with Gasteiger partial charge in [0.2, 0.25) is 0 Å². The fraction of sp³-hybridized carbons (Fsp3) is 0.293. The molecule has 2 fully saturated rings. The van der Waals surface area contributed by atoms with Crippen molar-refractivity contribution in [2.45, 2.75) is 77.8 Å². The van der Waals surface area contributed by atoms with E-state index in [1.807, 2.05) is 30.3 Å². The first-order valence-corrected chi connectivity index (χ1v) is 17.0. The van der Waals surface area contributed by atoms with Crippen molar-refractivity contribution in [3.63, 3.8) is 0 Å². The normalized spacial score (nSPS) is 19.2. The lowest BCUT2D eigenvalue weighted by atomic mass is 9.77. The predicted octanol–water partition coefficient (Wildman–Crippen LogP) is 8.07. The van der Waals surface area contributed by atoms with Crippen LogP contribution in [0.4, 0.5) is 0 Å². The van der Waals surface area contributed by atoms with Crippen molar-refractivity contribution in [1.29, 1.82) is 5.26 Å². The van der Waals surface area contributed by atoms with Gasteiger partial charge in [0.15, 0.2) is 0 Å². The number of fused-ring (bicyclic) bond motifs is 4. The molecule has 49 heavy (non-hydrogen) atoms. The van der Waals surface area contributed by atoms with Crippen molar-refractivity contribution in [2.24, 2.45) is 0 Å². The first-order chi connectivity index (χ1) is 23.2. The van der Waals surface area contributed by atoms with Crippen LogP contribution in [0, 0.1) is 11.3 Å². The number of hydrogen-bond acceptors (Lipinski definition) is 5. The molecule has 0 unspecified atom stereocenters. The topological polar surface area (TPSA) is 65.6 Å². The van der Waals surface area contributed by atoms with Crippen LogP contribution in [0.1, 0.15) is 61.0 Å². The van der Waals surface area contributed by atoms with Gasteiger partial charge in [-0.3, -0.25) is 0 Å². The molecule has 0 N–H and O–H groups in total. The summed E-state index contributed by atoms with van der Waals surface area (Å²) >= 11 is 0. The molecule has 6 aromatic rings. The Bertz CT molecular complexity index is 2210. The van der Waals surface area contributed by atoms with Crippen molar-refractivity contribution in [3.05, 3.63) is 103 Å². The van der Waals surface area contributed by atoms with Crippen LogP contribution in [0.25, 0.3) is 49.4 Å². The molecule has 8 heteroatoms. The summed E-state index contributed by atoms with van der Waals surface area (Å²) in [6, 6.07) is 36.1. The van der Waals surface area contributed by atoms with E-state index >= 15 is 0 Å². The van der Waals surface area contributed by atoms with Crippen molar-refractivity contribution < 1.29 is 18.6 Å². The SMILES string of the molecule is CC1(C)OB(c2ccc3c(c2)c2cc(B4OC(C)(C)C(C)(C)O4)ccc2n3-c2ccc(-c3ccc(C#N)c4ccccc34)cc2)OC1(C)C. The van der Waals surface area contributed by atoms with Gasteiger partial charge in [-0.05, 0) is 113 Å². The fourth-order valence-corrected chi connectivity index (χ4v) is 7.03. The molecule has 6 nitrogen and oxygen atoms in total. The highest BCUT2D eigenvalue weighted by Crippen LogP contribution is 2.40. The summed E-state index contributed by atoms with van der Waals surface area (Å²) < 4.78 is 28.2. The van der Waals surface area contributed by atoms with Crippen LogP contribution < -0.4 is 10.9 Å². The van der Waals surface area contributed by atoms with E-state index in [-0.39, 0.29) is 0 Å². The first kappa shape index (κ1) is 31.9. The van der Waals surface area contributed by atoms with E-state index in [1.165, 1.54) is 0 Å². The summed E-state index contributed by atoms with van der Waals surface area (Å²) in [6.07, 6.45) is 0. The zero-order valence-corrected chi connectivity index (χ0v) is 29.4. The van der Waals surface area contributed by atoms with Crippen molar-refractivity contribution in [3.8, 4) is 22.9 Å². The molecule has 5 aromatic carbocycles. The van der Waals surface area contributed by atoms with Gasteiger partial charge < -0.3 is 23.2 Å². The number of benzene rings is 5. The Hall–Kier alpha value is -4.38. The van der Waals surface area contributed by atoms with Crippen LogP contribution in [0.2, 0.25) is 0 Å². The summed E-state index contributed by atoms with van der Waals surface area (Å²) in [5, 5.41) is 13.9. The van der Waals surface area contributed by atoms with Gasteiger partial charge in [-0.1, -0.05) is 66.7 Å². The molecule has 0 amide bonds. The minimum atomic E-state index is -0.472. The molecule has 0 bridgehead atoms. The Kier molecular flexibility index (Phi) is 7.03. The van der Waals surface area contributed by atoms with Crippen LogP contribution >= 0.6 is 0 Å². The number of aromatic nitrogens is 1. The average Bonchev–Trinajstić information content (AvgIpc) is 3.60. The third kappa shape index (κ3) is 4.94. The molecule has 2 saturated heterocycles. The lowest BCUT2D eigenvalue weighted by Gasteiger charge is -2.32. The summed E-state index contributed by atoms with van der Waals surface area (Å²) in [4.78, 5) is 0. The zero-order valence-electron chi connectivity index (χ0n) is 29.4. The second kappa shape index (κ2) is 10.8. The standard InChI is InChI=1S/C41H40B2N2O4/c1-38(2)39(3,4)47-42(46-38)28-16-21-36-34(23-28)35-24-29(43-48-40(5,6)41(7,8)49-43)17-22-37(35)45(36)30-18-13-26(14-19-30)32-20-15-27(25-44)31-11-9-10-12-33(31)32/h9-24H,1-8H3. The van der Waals surface area contributed by atoms with Gasteiger partial charge in [0.05, 0.1) is 45.1 Å². The minimum Gasteiger partial charge on any atom is -0.399 e. The molecule has 0 radical (unpaired) electrons. The number of nitrogens with zero attached hydrogens (tertiary/aromatic N) is 2. The lowest BCUT2D eigenvalue weighted by molar-refractivity contribution is 0.00578. The number of rotatable bonds is 4. The van der Waals surface area contributed by atoms with Gasteiger partial charge in [-0.25, -0.2) is 0 Å². The van der Waals surface area contributed by atoms with Gasteiger partial charge in [-0.15, -0.1) is 0 Å². The molecule has 244 valence electrons. The van der Waals surface area contributed by atoms with Gasteiger partial charge in [0.25, 0.3) is 0 Å². The molecule has 2 aliphatic heterocycles. The molecule has 0 aliphatic carbocycles. The molecule has 3 heterocycles. The maximum Gasteiger partial charge on any atom is 0.494 e. The average molecular weight is 646 g/mol. The smallest absolute Gasteiger partial charge is 0.399 e. The molecule has 0 atom stereocenters. The molecule has 0 spiro atoms. The second-order valence-electron chi connectivity index (χ2n) is 15.4. The minimum absolute atomic E-state index is 0.438. The molecule has 1 aromatic heterocycles.